The molecule has 0 aromatic heterocycles. The normalized spacial score (nSPS) is 25.2. The zero-order chi connectivity index (χ0) is 22.8. The summed E-state index contributed by atoms with van der Waals surface area (Å²) < 4.78 is 29.0. The number of hydrogen-bond acceptors (Lipinski definition) is 7. The first-order valence-corrected chi connectivity index (χ1v) is 10.6. The number of rotatable bonds is 11. The standard InChI is InChI=1S/C25H30O7/c1-3-14-29-23-22(30-16-20-12-8-5-9-13-20)21(32-25(27)24(23)31-18(2)26)17-28-15-19-10-6-4-7-11-19/h3-13,21-25,27H,1,14-17H2,2H3/t21-,22-,23+,24-,25-/m1/s1. The number of ether oxygens (including phenoxy) is 5. The van der Waals surface area contributed by atoms with E-state index in [0.29, 0.717) is 13.2 Å². The highest BCUT2D eigenvalue weighted by Crippen LogP contribution is 2.28. The Morgan fingerprint density at radius 2 is 1.59 bits per heavy atom. The largest absolute Gasteiger partial charge is 0.454 e. The van der Waals surface area contributed by atoms with Crippen molar-refractivity contribution in [2.75, 3.05) is 13.2 Å². The molecule has 0 aliphatic carbocycles. The van der Waals surface area contributed by atoms with Gasteiger partial charge >= 0.3 is 5.97 Å². The van der Waals surface area contributed by atoms with Crippen LogP contribution in [-0.4, -0.2) is 55.0 Å². The average Bonchev–Trinajstić information content (AvgIpc) is 2.80. The van der Waals surface area contributed by atoms with Gasteiger partial charge in [0.1, 0.15) is 18.3 Å². The topological polar surface area (TPSA) is 83.5 Å². The van der Waals surface area contributed by atoms with Gasteiger partial charge in [0.15, 0.2) is 12.4 Å². The van der Waals surface area contributed by atoms with E-state index < -0.39 is 36.7 Å². The van der Waals surface area contributed by atoms with Gasteiger partial charge in [0.05, 0.1) is 26.4 Å². The summed E-state index contributed by atoms with van der Waals surface area (Å²) in [5, 5.41) is 10.6. The fourth-order valence-electron chi connectivity index (χ4n) is 3.55. The molecule has 1 fully saturated rings. The van der Waals surface area contributed by atoms with Crippen molar-refractivity contribution in [2.45, 2.75) is 50.8 Å². The van der Waals surface area contributed by atoms with Gasteiger partial charge in [-0.05, 0) is 11.1 Å². The van der Waals surface area contributed by atoms with E-state index in [-0.39, 0.29) is 13.2 Å². The lowest BCUT2D eigenvalue weighted by Crippen LogP contribution is -2.61. The van der Waals surface area contributed by atoms with Crippen molar-refractivity contribution >= 4 is 5.97 Å². The number of esters is 1. The molecule has 5 atom stereocenters. The highest BCUT2D eigenvalue weighted by molar-refractivity contribution is 5.66. The minimum absolute atomic E-state index is 0.159. The van der Waals surface area contributed by atoms with E-state index in [1.165, 1.54) is 6.92 Å². The summed E-state index contributed by atoms with van der Waals surface area (Å²) in [5.74, 6) is -0.551. The lowest BCUT2D eigenvalue weighted by Gasteiger charge is -2.43. The molecule has 1 aliphatic rings. The molecule has 1 N–H and O–H groups in total. The summed E-state index contributed by atoms with van der Waals surface area (Å²) >= 11 is 0. The van der Waals surface area contributed by atoms with Crippen LogP contribution >= 0.6 is 0 Å². The summed E-state index contributed by atoms with van der Waals surface area (Å²) in [6.07, 6.45) is -2.90. The molecule has 1 heterocycles. The second-order valence-corrected chi connectivity index (χ2v) is 7.49. The minimum Gasteiger partial charge on any atom is -0.454 e. The van der Waals surface area contributed by atoms with Gasteiger partial charge in [-0.2, -0.15) is 0 Å². The van der Waals surface area contributed by atoms with Crippen molar-refractivity contribution in [1.29, 1.82) is 0 Å². The molecule has 32 heavy (non-hydrogen) atoms. The molecular weight excluding hydrogens is 412 g/mol. The number of aliphatic hydroxyl groups excluding tert-OH is 1. The van der Waals surface area contributed by atoms with Crippen LogP contribution in [-0.2, 0) is 41.7 Å². The van der Waals surface area contributed by atoms with Crippen molar-refractivity contribution in [1.82, 2.24) is 0 Å². The number of benzene rings is 2. The van der Waals surface area contributed by atoms with Gasteiger partial charge in [-0.15, -0.1) is 6.58 Å². The molecule has 1 aliphatic heterocycles. The minimum atomic E-state index is -1.38. The SMILES string of the molecule is C=CCO[C@@H]1[C@@H](OC(C)=O)[C@H](O)O[C@H](COCc2ccccc2)[C@H]1OCc1ccccc1. The van der Waals surface area contributed by atoms with E-state index >= 15 is 0 Å². The third-order valence-corrected chi connectivity index (χ3v) is 5.00. The molecule has 0 bridgehead atoms. The molecule has 0 spiro atoms. The monoisotopic (exact) mass is 442 g/mol. The highest BCUT2D eigenvalue weighted by Gasteiger charge is 2.49. The fourth-order valence-corrected chi connectivity index (χ4v) is 3.55. The third-order valence-electron chi connectivity index (χ3n) is 5.00. The van der Waals surface area contributed by atoms with Gasteiger partial charge in [-0.3, -0.25) is 4.79 Å². The van der Waals surface area contributed by atoms with Gasteiger partial charge in [-0.1, -0.05) is 66.7 Å². The number of carbonyl (C=O) groups is 1. The summed E-state index contributed by atoms with van der Waals surface area (Å²) in [4.78, 5) is 11.6. The summed E-state index contributed by atoms with van der Waals surface area (Å²) in [6.45, 7) is 5.98. The summed E-state index contributed by atoms with van der Waals surface area (Å²) in [6, 6.07) is 19.4. The molecule has 2 aromatic carbocycles. The molecule has 0 unspecified atom stereocenters. The van der Waals surface area contributed by atoms with E-state index in [1.54, 1.807) is 6.08 Å². The maximum Gasteiger partial charge on any atom is 0.303 e. The van der Waals surface area contributed by atoms with Crippen LogP contribution < -0.4 is 0 Å². The predicted octanol–water partition coefficient (Wildman–Crippen LogP) is 3.01. The Morgan fingerprint density at radius 1 is 0.969 bits per heavy atom. The van der Waals surface area contributed by atoms with Crippen LogP contribution in [0, 0.1) is 0 Å². The first-order valence-electron chi connectivity index (χ1n) is 10.6. The van der Waals surface area contributed by atoms with Crippen molar-refractivity contribution in [3.63, 3.8) is 0 Å². The predicted molar refractivity (Wildman–Crippen MR) is 117 cm³/mol. The van der Waals surface area contributed by atoms with Gasteiger partial charge in [-0.25, -0.2) is 0 Å². The number of carbonyl (C=O) groups excluding carboxylic acids is 1. The van der Waals surface area contributed by atoms with E-state index in [9.17, 15) is 9.90 Å². The zero-order valence-corrected chi connectivity index (χ0v) is 18.2. The van der Waals surface area contributed by atoms with Crippen LogP contribution in [0.15, 0.2) is 73.3 Å². The molecule has 0 radical (unpaired) electrons. The number of hydrogen-bond donors (Lipinski definition) is 1. The van der Waals surface area contributed by atoms with Crippen LogP contribution in [0.5, 0.6) is 0 Å². The van der Waals surface area contributed by atoms with Gasteiger partial charge < -0.3 is 28.8 Å². The number of aliphatic hydroxyl groups is 1. The van der Waals surface area contributed by atoms with Crippen LogP contribution in [0.25, 0.3) is 0 Å². The smallest absolute Gasteiger partial charge is 0.303 e. The van der Waals surface area contributed by atoms with Crippen LogP contribution in [0.1, 0.15) is 18.1 Å². The van der Waals surface area contributed by atoms with E-state index in [0.717, 1.165) is 11.1 Å². The highest BCUT2D eigenvalue weighted by atomic mass is 16.7. The Bertz CT molecular complexity index is 827. The maximum atomic E-state index is 11.6. The average molecular weight is 443 g/mol. The van der Waals surface area contributed by atoms with Crippen LogP contribution in [0.2, 0.25) is 0 Å². The fraction of sp³-hybridized carbons (Fsp3) is 0.400. The van der Waals surface area contributed by atoms with Crippen molar-refractivity contribution in [3.05, 3.63) is 84.4 Å². The summed E-state index contributed by atoms with van der Waals surface area (Å²) in [5.41, 5.74) is 1.98. The molecule has 2 aromatic rings. The van der Waals surface area contributed by atoms with Gasteiger partial charge in [0, 0.05) is 6.92 Å². The lowest BCUT2D eigenvalue weighted by atomic mass is 9.98. The second-order valence-electron chi connectivity index (χ2n) is 7.49. The molecular formula is C25H30O7. The molecule has 1 saturated heterocycles. The van der Waals surface area contributed by atoms with Crippen molar-refractivity contribution in [3.8, 4) is 0 Å². The molecule has 7 nitrogen and oxygen atoms in total. The Morgan fingerprint density at radius 3 is 2.19 bits per heavy atom. The molecule has 0 saturated carbocycles. The van der Waals surface area contributed by atoms with Crippen molar-refractivity contribution < 1.29 is 33.6 Å². The maximum absolute atomic E-state index is 11.6. The summed E-state index contributed by atoms with van der Waals surface area (Å²) in [7, 11) is 0. The van der Waals surface area contributed by atoms with Gasteiger partial charge in [0.25, 0.3) is 0 Å². The lowest BCUT2D eigenvalue weighted by molar-refractivity contribution is -0.306. The molecule has 0 amide bonds. The van der Waals surface area contributed by atoms with E-state index in [4.69, 9.17) is 23.7 Å². The first kappa shape index (κ1) is 24.1. The Balaban J connectivity index is 1.75. The van der Waals surface area contributed by atoms with Crippen LogP contribution in [0.4, 0.5) is 0 Å². The first-order chi connectivity index (χ1) is 15.6. The molecule has 3 rings (SSSR count). The Kier molecular flexibility index (Phi) is 9.40. The van der Waals surface area contributed by atoms with Crippen LogP contribution in [0.3, 0.4) is 0 Å². The molecule has 7 heteroatoms. The third kappa shape index (κ3) is 6.98. The Labute approximate surface area is 188 Å². The van der Waals surface area contributed by atoms with Gasteiger partial charge in [0.2, 0.25) is 0 Å². The molecule has 172 valence electrons. The van der Waals surface area contributed by atoms with E-state index in [1.807, 2.05) is 60.7 Å². The zero-order valence-electron chi connectivity index (χ0n) is 18.2. The van der Waals surface area contributed by atoms with Crippen molar-refractivity contribution in [2.24, 2.45) is 0 Å². The van der Waals surface area contributed by atoms with E-state index in [2.05, 4.69) is 6.58 Å². The quantitative estimate of drug-likeness (QED) is 0.423. The second kappa shape index (κ2) is 12.5. The Hall–Kier alpha value is -2.55.